The smallest absolute Gasteiger partial charge is 0.264 e. The Bertz CT molecular complexity index is 471. The van der Waals surface area contributed by atoms with Crippen molar-refractivity contribution in [2.45, 2.75) is 31.5 Å². The molecule has 0 saturated heterocycles. The van der Waals surface area contributed by atoms with Crippen molar-refractivity contribution < 1.29 is 14.0 Å². The van der Waals surface area contributed by atoms with Gasteiger partial charge in [-0.15, -0.1) is 0 Å². The molecule has 1 aromatic rings. The zero-order valence-electron chi connectivity index (χ0n) is 9.28. The van der Waals surface area contributed by atoms with Gasteiger partial charge in [0.2, 0.25) is 0 Å². The van der Waals surface area contributed by atoms with Crippen molar-refractivity contribution >= 4 is 11.8 Å². The molecule has 1 aliphatic carbocycles. The normalized spacial score (nSPS) is 22.1. The van der Waals surface area contributed by atoms with Crippen LogP contribution in [0.5, 0.6) is 0 Å². The minimum atomic E-state index is -1.77. The lowest BCUT2D eigenvalue weighted by Gasteiger charge is -2.28. The highest BCUT2D eigenvalue weighted by atomic mass is 19.1. The van der Waals surface area contributed by atoms with Crippen molar-refractivity contribution in [3.8, 4) is 0 Å². The molecule has 1 saturated carbocycles. The lowest BCUT2D eigenvalue weighted by Crippen LogP contribution is -2.46. The summed E-state index contributed by atoms with van der Waals surface area (Å²) >= 11 is 0. The summed E-state index contributed by atoms with van der Waals surface area (Å²) in [5.41, 5.74) is 0.642. The fourth-order valence-electron chi connectivity index (χ4n) is 2.69. The largest absolute Gasteiger partial charge is 0.268 e. The van der Waals surface area contributed by atoms with E-state index in [2.05, 4.69) is 0 Å². The summed E-state index contributed by atoms with van der Waals surface area (Å²) in [5.74, 6) is -2.75. The van der Waals surface area contributed by atoms with Crippen LogP contribution >= 0.6 is 0 Å². The lowest BCUT2D eigenvalue weighted by atomic mass is 10.1. The second-order valence-corrected chi connectivity index (χ2v) is 4.62. The van der Waals surface area contributed by atoms with Gasteiger partial charge in [-0.25, -0.2) is 9.29 Å². The van der Waals surface area contributed by atoms with Gasteiger partial charge < -0.3 is 0 Å². The molecule has 17 heavy (non-hydrogen) atoms. The molecule has 0 unspecified atom stereocenters. The molecule has 1 fully saturated rings. The van der Waals surface area contributed by atoms with Gasteiger partial charge in [-0.3, -0.25) is 9.59 Å². The Morgan fingerprint density at radius 3 is 1.94 bits per heavy atom. The molecule has 0 radical (unpaired) electrons. The number of fused-ring (bicyclic) bond motifs is 1. The van der Waals surface area contributed by atoms with Gasteiger partial charge in [0.05, 0.1) is 11.1 Å². The number of nitrogens with zero attached hydrogens (tertiary/aromatic N) is 1. The molecule has 0 N–H and O–H groups in total. The van der Waals surface area contributed by atoms with E-state index >= 15 is 0 Å². The van der Waals surface area contributed by atoms with Crippen molar-refractivity contribution in [2.75, 3.05) is 0 Å². The topological polar surface area (TPSA) is 37.4 Å². The van der Waals surface area contributed by atoms with Gasteiger partial charge in [0.1, 0.15) is 0 Å². The van der Waals surface area contributed by atoms with Gasteiger partial charge in [-0.05, 0) is 25.0 Å². The van der Waals surface area contributed by atoms with Crippen molar-refractivity contribution in [1.82, 2.24) is 4.90 Å². The highest BCUT2D eigenvalue weighted by Gasteiger charge is 2.50. The molecular weight excluding hydrogens is 221 g/mol. The molecule has 3 nitrogen and oxygen atoms in total. The van der Waals surface area contributed by atoms with E-state index in [0.717, 1.165) is 17.7 Å². The van der Waals surface area contributed by atoms with Crippen LogP contribution in [0, 0.1) is 0 Å². The molecule has 0 atom stereocenters. The Morgan fingerprint density at radius 1 is 1.00 bits per heavy atom. The number of hydrogen-bond acceptors (Lipinski definition) is 2. The Hall–Kier alpha value is -1.71. The maximum atomic E-state index is 14.6. The van der Waals surface area contributed by atoms with E-state index in [4.69, 9.17) is 0 Å². The summed E-state index contributed by atoms with van der Waals surface area (Å²) in [7, 11) is 0. The Morgan fingerprint density at radius 2 is 1.47 bits per heavy atom. The minimum Gasteiger partial charge on any atom is -0.268 e. The summed E-state index contributed by atoms with van der Waals surface area (Å²) in [6.07, 6.45) is 1.98. The van der Waals surface area contributed by atoms with Crippen LogP contribution in [0.2, 0.25) is 0 Å². The maximum Gasteiger partial charge on any atom is 0.264 e. The average Bonchev–Trinajstić information content (AvgIpc) is 2.85. The van der Waals surface area contributed by atoms with E-state index in [9.17, 15) is 14.0 Å². The monoisotopic (exact) mass is 233 g/mol. The highest BCUT2D eigenvalue weighted by molar-refractivity contribution is 6.21. The zero-order valence-corrected chi connectivity index (χ0v) is 9.28. The van der Waals surface area contributed by atoms with Crippen LogP contribution in [0.15, 0.2) is 24.3 Å². The lowest BCUT2D eigenvalue weighted by molar-refractivity contribution is -0.00330. The van der Waals surface area contributed by atoms with Gasteiger partial charge in [0.25, 0.3) is 11.8 Å². The number of halogens is 1. The third kappa shape index (κ3) is 1.33. The molecule has 2 amide bonds. The first-order valence-electron chi connectivity index (χ1n) is 5.80. The molecule has 0 aromatic heterocycles. The maximum absolute atomic E-state index is 14.6. The van der Waals surface area contributed by atoms with Crippen LogP contribution in [-0.2, 0) is 0 Å². The first-order valence-corrected chi connectivity index (χ1v) is 5.80. The molecule has 0 bridgehead atoms. The number of benzene rings is 1. The van der Waals surface area contributed by atoms with Gasteiger partial charge >= 0.3 is 0 Å². The summed E-state index contributed by atoms with van der Waals surface area (Å²) < 4.78 is 14.6. The molecule has 1 heterocycles. The first kappa shape index (κ1) is 10.4. The number of amides is 2. The number of carbonyl (C=O) groups excluding carboxylic acids is 2. The van der Waals surface area contributed by atoms with E-state index in [0.29, 0.717) is 11.1 Å². The van der Waals surface area contributed by atoms with Crippen LogP contribution in [0.3, 0.4) is 0 Å². The van der Waals surface area contributed by atoms with Gasteiger partial charge in [0, 0.05) is 12.8 Å². The van der Waals surface area contributed by atoms with Crippen LogP contribution in [-0.4, -0.2) is 22.5 Å². The SMILES string of the molecule is O=C1c2ccccc2C(=O)N1C1(F)CCCC1. The van der Waals surface area contributed by atoms with Crippen LogP contribution < -0.4 is 0 Å². The molecule has 2 aliphatic rings. The standard InChI is InChI=1S/C13H12FNO2/c14-13(7-3-4-8-13)15-11(16)9-5-1-2-6-10(9)12(15)17/h1-2,5-6H,3-4,7-8H2. The number of imide groups is 1. The molecule has 4 heteroatoms. The van der Waals surface area contributed by atoms with E-state index in [-0.39, 0.29) is 12.8 Å². The van der Waals surface area contributed by atoms with E-state index < -0.39 is 17.6 Å². The molecule has 88 valence electrons. The number of alkyl halides is 1. The number of hydrogen-bond donors (Lipinski definition) is 0. The quantitative estimate of drug-likeness (QED) is 0.552. The summed E-state index contributed by atoms with van der Waals surface area (Å²) in [5, 5.41) is 0. The summed E-state index contributed by atoms with van der Waals surface area (Å²) in [6.45, 7) is 0. The fourth-order valence-corrected chi connectivity index (χ4v) is 2.69. The van der Waals surface area contributed by atoms with Crippen molar-refractivity contribution in [3.05, 3.63) is 35.4 Å². The van der Waals surface area contributed by atoms with E-state index in [1.54, 1.807) is 24.3 Å². The molecule has 1 aliphatic heterocycles. The average molecular weight is 233 g/mol. The van der Waals surface area contributed by atoms with Crippen LogP contribution in [0.25, 0.3) is 0 Å². The first-order chi connectivity index (χ1) is 8.13. The van der Waals surface area contributed by atoms with Crippen LogP contribution in [0.4, 0.5) is 4.39 Å². The predicted octanol–water partition coefficient (Wildman–Crippen LogP) is 2.52. The Labute approximate surface area is 98.2 Å². The van der Waals surface area contributed by atoms with Crippen molar-refractivity contribution in [2.24, 2.45) is 0 Å². The zero-order chi connectivity index (χ0) is 12.0. The second kappa shape index (κ2) is 3.39. The highest BCUT2D eigenvalue weighted by Crippen LogP contribution is 2.40. The van der Waals surface area contributed by atoms with Gasteiger partial charge in [0.15, 0.2) is 5.79 Å². The predicted molar refractivity (Wildman–Crippen MR) is 59.2 cm³/mol. The molecular formula is C13H12FNO2. The van der Waals surface area contributed by atoms with Gasteiger partial charge in [-0.2, -0.15) is 0 Å². The third-order valence-electron chi connectivity index (χ3n) is 3.56. The van der Waals surface area contributed by atoms with Crippen molar-refractivity contribution in [1.29, 1.82) is 0 Å². The van der Waals surface area contributed by atoms with Crippen molar-refractivity contribution in [3.63, 3.8) is 0 Å². The minimum absolute atomic E-state index is 0.262. The number of rotatable bonds is 1. The summed E-state index contributed by atoms with van der Waals surface area (Å²) in [6, 6.07) is 6.53. The third-order valence-corrected chi connectivity index (χ3v) is 3.56. The fraction of sp³-hybridized carbons (Fsp3) is 0.385. The van der Waals surface area contributed by atoms with Gasteiger partial charge in [-0.1, -0.05) is 12.1 Å². The molecule has 0 spiro atoms. The summed E-state index contributed by atoms with van der Waals surface area (Å²) in [4.78, 5) is 25.0. The Balaban J connectivity index is 2.06. The van der Waals surface area contributed by atoms with E-state index in [1.165, 1.54) is 0 Å². The number of carbonyl (C=O) groups is 2. The second-order valence-electron chi connectivity index (χ2n) is 4.62. The molecule has 1 aromatic carbocycles. The van der Waals surface area contributed by atoms with Crippen LogP contribution in [0.1, 0.15) is 46.4 Å². The van der Waals surface area contributed by atoms with E-state index in [1.807, 2.05) is 0 Å². The Kier molecular flexibility index (Phi) is 2.08. The molecule has 3 rings (SSSR count).